The van der Waals surface area contributed by atoms with E-state index in [1.165, 1.54) is 0 Å². The van der Waals surface area contributed by atoms with E-state index in [0.717, 1.165) is 5.56 Å². The molecule has 0 atom stereocenters. The molecule has 2 aromatic carbocycles. The number of aromatic nitrogens is 3. The number of hydrogen-bond acceptors (Lipinski definition) is 5. The number of benzene rings is 2. The smallest absolute Gasteiger partial charge is 0.323 e. The Kier molecular flexibility index (Phi) is 6.42. The van der Waals surface area contributed by atoms with Crippen LogP contribution in [0.15, 0.2) is 83.6 Å². The summed E-state index contributed by atoms with van der Waals surface area (Å²) < 4.78 is 7.32. The first-order valence-electron chi connectivity index (χ1n) is 11.9. The molecule has 3 heterocycles. The number of hydrogen-bond donors (Lipinski definition) is 3. The van der Waals surface area contributed by atoms with Gasteiger partial charge in [-0.1, -0.05) is 24.3 Å². The molecule has 0 bridgehead atoms. The van der Waals surface area contributed by atoms with Crippen molar-refractivity contribution in [2.75, 3.05) is 16.0 Å². The van der Waals surface area contributed by atoms with Gasteiger partial charge in [0.25, 0.3) is 5.91 Å². The van der Waals surface area contributed by atoms with Gasteiger partial charge in [-0.15, -0.1) is 0 Å². The standard InChI is InChI=1S/C28H26N6O3/c1-17(2)34-26-22(16-29-34)21(15-24(32-26)25-10-7-13-37-25)27(35)33-23-14-20(12-11-18(23)3)31-28(36)30-19-8-5-4-6-9-19/h4-17H,1-3H3,(H,33,35)(H2,30,31,36). The van der Waals surface area contributed by atoms with E-state index < -0.39 is 0 Å². The van der Waals surface area contributed by atoms with Gasteiger partial charge in [0.1, 0.15) is 5.69 Å². The molecule has 0 saturated carbocycles. The average molecular weight is 495 g/mol. The molecule has 0 aliphatic rings. The minimum atomic E-state index is -0.382. The third-order valence-electron chi connectivity index (χ3n) is 5.85. The quantitative estimate of drug-likeness (QED) is 0.250. The van der Waals surface area contributed by atoms with Crippen LogP contribution in [0.4, 0.5) is 21.9 Å². The Balaban J connectivity index is 1.43. The van der Waals surface area contributed by atoms with Crippen LogP contribution in [0.2, 0.25) is 0 Å². The van der Waals surface area contributed by atoms with Crippen molar-refractivity contribution in [2.45, 2.75) is 26.8 Å². The molecule has 9 nitrogen and oxygen atoms in total. The van der Waals surface area contributed by atoms with Gasteiger partial charge in [-0.2, -0.15) is 5.10 Å². The van der Waals surface area contributed by atoms with Crippen molar-refractivity contribution in [3.63, 3.8) is 0 Å². The van der Waals surface area contributed by atoms with Gasteiger partial charge in [0, 0.05) is 23.1 Å². The number of amides is 3. The van der Waals surface area contributed by atoms with Crippen LogP contribution >= 0.6 is 0 Å². The van der Waals surface area contributed by atoms with Crippen molar-refractivity contribution >= 4 is 40.0 Å². The summed E-state index contributed by atoms with van der Waals surface area (Å²) in [5.74, 6) is 0.233. The summed E-state index contributed by atoms with van der Waals surface area (Å²) in [4.78, 5) is 30.7. The lowest BCUT2D eigenvalue weighted by molar-refractivity contribution is 0.102. The Hall–Kier alpha value is -4.92. The number of rotatable bonds is 6. The van der Waals surface area contributed by atoms with Crippen LogP contribution in [0.25, 0.3) is 22.5 Å². The highest BCUT2D eigenvalue weighted by Crippen LogP contribution is 2.28. The highest BCUT2D eigenvalue weighted by Gasteiger charge is 2.20. The number of furan rings is 1. The first kappa shape index (κ1) is 23.8. The van der Waals surface area contributed by atoms with E-state index in [2.05, 4.69) is 21.0 Å². The van der Waals surface area contributed by atoms with Gasteiger partial charge in [0.2, 0.25) is 0 Å². The molecular formula is C28H26N6O3. The second-order valence-electron chi connectivity index (χ2n) is 8.88. The maximum absolute atomic E-state index is 13.5. The molecule has 3 N–H and O–H groups in total. The van der Waals surface area contributed by atoms with Gasteiger partial charge < -0.3 is 20.4 Å². The van der Waals surface area contributed by atoms with E-state index >= 15 is 0 Å². The van der Waals surface area contributed by atoms with Gasteiger partial charge in [0.05, 0.1) is 23.4 Å². The number of carbonyl (C=O) groups excluding carboxylic acids is 2. The van der Waals surface area contributed by atoms with Crippen molar-refractivity contribution in [1.82, 2.24) is 14.8 Å². The predicted molar refractivity (Wildman–Crippen MR) is 144 cm³/mol. The van der Waals surface area contributed by atoms with Gasteiger partial charge in [0.15, 0.2) is 11.4 Å². The maximum Gasteiger partial charge on any atom is 0.323 e. The van der Waals surface area contributed by atoms with E-state index in [0.29, 0.717) is 45.1 Å². The zero-order valence-corrected chi connectivity index (χ0v) is 20.6. The summed E-state index contributed by atoms with van der Waals surface area (Å²) in [5, 5.41) is 13.7. The highest BCUT2D eigenvalue weighted by atomic mass is 16.3. The van der Waals surface area contributed by atoms with Crippen LogP contribution in [0, 0.1) is 6.92 Å². The molecule has 0 aliphatic carbocycles. The Morgan fingerprint density at radius 3 is 2.43 bits per heavy atom. The van der Waals surface area contributed by atoms with Crippen LogP contribution < -0.4 is 16.0 Å². The molecule has 3 amide bonds. The van der Waals surface area contributed by atoms with Crippen molar-refractivity contribution < 1.29 is 14.0 Å². The molecule has 3 aromatic heterocycles. The van der Waals surface area contributed by atoms with Crippen molar-refractivity contribution in [2.24, 2.45) is 0 Å². The first-order chi connectivity index (χ1) is 17.9. The van der Waals surface area contributed by atoms with E-state index in [-0.39, 0.29) is 18.0 Å². The Morgan fingerprint density at radius 1 is 0.919 bits per heavy atom. The normalized spacial score (nSPS) is 11.0. The summed E-state index contributed by atoms with van der Waals surface area (Å²) in [7, 11) is 0. The monoisotopic (exact) mass is 494 g/mol. The van der Waals surface area contributed by atoms with Gasteiger partial charge >= 0.3 is 6.03 Å². The number of nitrogens with one attached hydrogen (secondary N) is 3. The van der Waals surface area contributed by atoms with Gasteiger partial charge in [-0.25, -0.2) is 14.5 Å². The minimum absolute atomic E-state index is 0.0554. The molecule has 0 spiro atoms. The number of carbonyl (C=O) groups is 2. The topological polar surface area (TPSA) is 114 Å². The fourth-order valence-electron chi connectivity index (χ4n) is 3.97. The zero-order chi connectivity index (χ0) is 25.9. The van der Waals surface area contributed by atoms with E-state index in [1.807, 2.05) is 45.0 Å². The lowest BCUT2D eigenvalue weighted by Crippen LogP contribution is -2.20. The predicted octanol–water partition coefficient (Wildman–Crippen LogP) is 6.48. The molecule has 0 radical (unpaired) electrons. The summed E-state index contributed by atoms with van der Waals surface area (Å²) in [5.41, 5.74) is 4.19. The minimum Gasteiger partial charge on any atom is -0.463 e. The molecule has 9 heteroatoms. The summed E-state index contributed by atoms with van der Waals surface area (Å²) in [6, 6.07) is 19.4. The Morgan fingerprint density at radius 2 is 1.70 bits per heavy atom. The molecule has 5 rings (SSSR count). The summed E-state index contributed by atoms with van der Waals surface area (Å²) in [6.45, 7) is 5.89. The molecule has 37 heavy (non-hydrogen) atoms. The number of fused-ring (bicyclic) bond motifs is 1. The van der Waals surface area contributed by atoms with Crippen molar-refractivity contribution in [1.29, 1.82) is 0 Å². The third kappa shape index (κ3) is 5.06. The second kappa shape index (κ2) is 9.98. The number of anilines is 3. The van der Waals surface area contributed by atoms with Crippen molar-refractivity contribution in [3.8, 4) is 11.5 Å². The highest BCUT2D eigenvalue weighted by molar-refractivity contribution is 6.13. The fourth-order valence-corrected chi connectivity index (χ4v) is 3.97. The van der Waals surface area contributed by atoms with Gasteiger partial charge in [-0.3, -0.25) is 4.79 Å². The lowest BCUT2D eigenvalue weighted by Gasteiger charge is -2.13. The van der Waals surface area contributed by atoms with Crippen LogP contribution in [-0.4, -0.2) is 26.7 Å². The molecule has 186 valence electrons. The van der Waals surface area contributed by atoms with Crippen LogP contribution in [0.5, 0.6) is 0 Å². The second-order valence-corrected chi connectivity index (χ2v) is 8.88. The molecule has 5 aromatic rings. The Bertz CT molecular complexity index is 1570. The lowest BCUT2D eigenvalue weighted by atomic mass is 10.1. The largest absolute Gasteiger partial charge is 0.463 e. The number of aryl methyl sites for hydroxylation is 1. The van der Waals surface area contributed by atoms with Crippen LogP contribution in [0.3, 0.4) is 0 Å². The van der Waals surface area contributed by atoms with Crippen LogP contribution in [-0.2, 0) is 0 Å². The SMILES string of the molecule is Cc1ccc(NC(=O)Nc2ccccc2)cc1NC(=O)c1cc(-c2ccco2)nc2c1cnn2C(C)C. The van der Waals surface area contributed by atoms with Crippen molar-refractivity contribution in [3.05, 3.63) is 90.3 Å². The number of pyridine rings is 1. The summed E-state index contributed by atoms with van der Waals surface area (Å²) >= 11 is 0. The number of nitrogens with zero attached hydrogens (tertiary/aromatic N) is 3. The third-order valence-corrected chi connectivity index (χ3v) is 5.85. The summed E-state index contributed by atoms with van der Waals surface area (Å²) in [6.07, 6.45) is 3.22. The number of urea groups is 1. The van der Waals surface area contributed by atoms with Crippen LogP contribution in [0.1, 0.15) is 35.8 Å². The zero-order valence-electron chi connectivity index (χ0n) is 20.6. The van der Waals surface area contributed by atoms with E-state index in [1.54, 1.807) is 59.6 Å². The fraction of sp³-hybridized carbons (Fsp3) is 0.143. The molecule has 0 saturated heterocycles. The Labute approximate surface area is 213 Å². The van der Waals surface area contributed by atoms with E-state index in [4.69, 9.17) is 9.40 Å². The molecule has 0 unspecified atom stereocenters. The average Bonchev–Trinajstić information content (AvgIpc) is 3.56. The molecule has 0 aliphatic heterocycles. The number of para-hydroxylation sites is 1. The van der Waals surface area contributed by atoms with E-state index in [9.17, 15) is 9.59 Å². The molecule has 0 fully saturated rings. The maximum atomic E-state index is 13.5. The first-order valence-corrected chi connectivity index (χ1v) is 11.9. The van der Waals surface area contributed by atoms with Gasteiger partial charge in [-0.05, 0) is 68.8 Å². The molecular weight excluding hydrogens is 468 g/mol.